The lowest BCUT2D eigenvalue weighted by Crippen LogP contribution is -1.96. The van der Waals surface area contributed by atoms with E-state index in [4.69, 9.17) is 21.4 Å². The Bertz CT molecular complexity index is 891. The molecule has 0 saturated heterocycles. The Labute approximate surface area is 138 Å². The number of aromatic nitrogens is 3. The molecule has 0 radical (unpaired) electrons. The minimum absolute atomic E-state index is 0.404. The molecule has 0 unspecified atom stereocenters. The van der Waals surface area contributed by atoms with Crippen molar-refractivity contribution in [2.24, 2.45) is 5.10 Å². The van der Waals surface area contributed by atoms with Gasteiger partial charge in [0.25, 0.3) is 0 Å². The third-order valence-electron chi connectivity index (χ3n) is 3.12. The van der Waals surface area contributed by atoms with Gasteiger partial charge in [-0.1, -0.05) is 12.1 Å². The monoisotopic (exact) mass is 328 g/mol. The van der Waals surface area contributed by atoms with Crippen LogP contribution >= 0.6 is 12.2 Å². The Kier molecular flexibility index (Phi) is 4.38. The maximum Gasteiger partial charge on any atom is 0.216 e. The molecular formula is C16H16N4O2S. The summed E-state index contributed by atoms with van der Waals surface area (Å²) in [4.78, 5) is 0. The number of ether oxygens (including phenoxy) is 1. The highest BCUT2D eigenvalue weighted by atomic mass is 32.1. The molecule has 0 amide bonds. The number of furan rings is 1. The summed E-state index contributed by atoms with van der Waals surface area (Å²) in [6, 6.07) is 11.4. The van der Waals surface area contributed by atoms with E-state index in [1.165, 1.54) is 0 Å². The van der Waals surface area contributed by atoms with Crippen LogP contribution in [0.25, 0.3) is 11.4 Å². The molecule has 6 nitrogen and oxygen atoms in total. The zero-order valence-corrected chi connectivity index (χ0v) is 13.6. The average molecular weight is 328 g/mol. The molecule has 0 bridgehead atoms. The molecule has 1 N–H and O–H groups in total. The smallest absolute Gasteiger partial charge is 0.216 e. The molecule has 7 heteroatoms. The van der Waals surface area contributed by atoms with Gasteiger partial charge in [-0.15, -0.1) is 0 Å². The van der Waals surface area contributed by atoms with E-state index in [9.17, 15) is 0 Å². The van der Waals surface area contributed by atoms with Crippen LogP contribution in [-0.2, 0) is 0 Å². The first-order valence-electron chi connectivity index (χ1n) is 7.19. The van der Waals surface area contributed by atoms with Crippen molar-refractivity contribution in [3.05, 3.63) is 52.7 Å². The van der Waals surface area contributed by atoms with E-state index in [-0.39, 0.29) is 0 Å². The van der Waals surface area contributed by atoms with Gasteiger partial charge >= 0.3 is 0 Å². The van der Waals surface area contributed by atoms with E-state index in [1.54, 1.807) is 10.9 Å². The van der Waals surface area contributed by atoms with Crippen LogP contribution in [0.2, 0.25) is 0 Å². The zero-order valence-electron chi connectivity index (χ0n) is 12.8. The number of nitrogens with one attached hydrogen (secondary N) is 1. The van der Waals surface area contributed by atoms with E-state index < -0.39 is 0 Å². The Morgan fingerprint density at radius 3 is 3.00 bits per heavy atom. The third kappa shape index (κ3) is 3.40. The number of hydrogen-bond donors (Lipinski definition) is 1. The van der Waals surface area contributed by atoms with Crippen molar-refractivity contribution in [1.82, 2.24) is 14.9 Å². The maximum absolute atomic E-state index is 5.52. The number of hydrogen-bond acceptors (Lipinski definition) is 5. The molecule has 0 atom stereocenters. The van der Waals surface area contributed by atoms with Crippen molar-refractivity contribution in [3.63, 3.8) is 0 Å². The molecular weight excluding hydrogens is 312 g/mol. The third-order valence-corrected chi connectivity index (χ3v) is 3.38. The van der Waals surface area contributed by atoms with Gasteiger partial charge in [0.1, 0.15) is 17.3 Å². The van der Waals surface area contributed by atoms with E-state index in [1.807, 2.05) is 50.2 Å². The van der Waals surface area contributed by atoms with Crippen molar-refractivity contribution >= 4 is 18.4 Å². The normalized spacial score (nSPS) is 11.2. The molecule has 3 rings (SSSR count). The van der Waals surface area contributed by atoms with Gasteiger partial charge in [0.2, 0.25) is 4.77 Å². The summed E-state index contributed by atoms with van der Waals surface area (Å²) in [6.07, 6.45) is 1.61. The SMILES string of the molecule is CCOc1cccc(-c2n[nH]c(=S)n2/N=C/c2ccc(C)o2)c1. The van der Waals surface area contributed by atoms with Crippen molar-refractivity contribution in [2.45, 2.75) is 13.8 Å². The topological polar surface area (TPSA) is 68.3 Å². The average Bonchev–Trinajstić information content (AvgIpc) is 3.12. The lowest BCUT2D eigenvalue weighted by molar-refractivity contribution is 0.340. The largest absolute Gasteiger partial charge is 0.494 e. The predicted octanol–water partition coefficient (Wildman–Crippen LogP) is 3.79. The van der Waals surface area contributed by atoms with Crippen molar-refractivity contribution in [1.29, 1.82) is 0 Å². The summed E-state index contributed by atoms with van der Waals surface area (Å²) in [5, 5.41) is 11.4. The molecule has 23 heavy (non-hydrogen) atoms. The first-order chi connectivity index (χ1) is 11.2. The predicted molar refractivity (Wildman–Crippen MR) is 90.5 cm³/mol. The fraction of sp³-hybridized carbons (Fsp3) is 0.188. The van der Waals surface area contributed by atoms with Gasteiger partial charge in [0, 0.05) is 5.56 Å². The number of aromatic amines is 1. The Morgan fingerprint density at radius 2 is 2.26 bits per heavy atom. The molecule has 0 saturated carbocycles. The van der Waals surface area contributed by atoms with Gasteiger partial charge in [-0.2, -0.15) is 14.9 Å². The highest BCUT2D eigenvalue weighted by Gasteiger charge is 2.09. The fourth-order valence-electron chi connectivity index (χ4n) is 2.11. The van der Waals surface area contributed by atoms with Crippen LogP contribution in [0.3, 0.4) is 0 Å². The molecule has 0 aliphatic rings. The highest BCUT2D eigenvalue weighted by Crippen LogP contribution is 2.22. The summed E-state index contributed by atoms with van der Waals surface area (Å²) in [5.41, 5.74) is 0.857. The second kappa shape index (κ2) is 6.62. The van der Waals surface area contributed by atoms with E-state index in [0.29, 0.717) is 23.0 Å². The molecule has 2 heterocycles. The number of rotatable bonds is 5. The first kappa shape index (κ1) is 15.2. The summed E-state index contributed by atoms with van der Waals surface area (Å²) >= 11 is 5.25. The minimum Gasteiger partial charge on any atom is -0.494 e. The summed E-state index contributed by atoms with van der Waals surface area (Å²) < 4.78 is 12.9. The molecule has 0 fully saturated rings. The van der Waals surface area contributed by atoms with Crippen LogP contribution in [0.15, 0.2) is 45.9 Å². The van der Waals surface area contributed by atoms with Gasteiger partial charge in [-0.25, -0.2) is 5.10 Å². The van der Waals surface area contributed by atoms with Crippen molar-refractivity contribution in [2.75, 3.05) is 6.61 Å². The number of benzene rings is 1. The number of aryl methyl sites for hydroxylation is 1. The van der Waals surface area contributed by atoms with Gasteiger partial charge in [0.05, 0.1) is 12.8 Å². The molecule has 0 spiro atoms. The van der Waals surface area contributed by atoms with Gasteiger partial charge < -0.3 is 9.15 Å². The second-order valence-corrected chi connectivity index (χ2v) is 5.20. The molecule has 0 aliphatic carbocycles. The number of nitrogens with zero attached hydrogens (tertiary/aromatic N) is 3. The maximum atomic E-state index is 5.52. The standard InChI is InChI=1S/C16H16N4O2S/c1-3-21-13-6-4-5-12(9-13)15-18-19-16(23)20(15)17-10-14-8-7-11(2)22-14/h4-10H,3H2,1-2H3,(H,19,23)/b17-10+. The fourth-order valence-corrected chi connectivity index (χ4v) is 2.29. The van der Waals surface area contributed by atoms with Crippen molar-refractivity contribution < 1.29 is 9.15 Å². The lowest BCUT2D eigenvalue weighted by atomic mass is 10.2. The minimum atomic E-state index is 0.404. The molecule has 1 aromatic carbocycles. The number of H-pyrrole nitrogens is 1. The summed E-state index contributed by atoms with van der Waals surface area (Å²) in [6.45, 7) is 4.43. The Balaban J connectivity index is 1.97. The van der Waals surface area contributed by atoms with Crippen LogP contribution in [0.4, 0.5) is 0 Å². The van der Waals surface area contributed by atoms with E-state index in [2.05, 4.69) is 15.3 Å². The van der Waals surface area contributed by atoms with Gasteiger partial charge in [-0.05, 0) is 50.3 Å². The molecule has 3 aromatic rings. The van der Waals surface area contributed by atoms with E-state index >= 15 is 0 Å². The molecule has 2 aromatic heterocycles. The van der Waals surface area contributed by atoms with Gasteiger partial charge in [-0.3, -0.25) is 0 Å². The highest BCUT2D eigenvalue weighted by molar-refractivity contribution is 7.71. The quantitative estimate of drug-likeness (QED) is 0.571. The molecule has 118 valence electrons. The van der Waals surface area contributed by atoms with E-state index in [0.717, 1.165) is 17.1 Å². The summed E-state index contributed by atoms with van der Waals surface area (Å²) in [7, 11) is 0. The van der Waals surface area contributed by atoms with Crippen molar-refractivity contribution in [3.8, 4) is 17.1 Å². The molecule has 0 aliphatic heterocycles. The first-order valence-corrected chi connectivity index (χ1v) is 7.59. The Hall–Kier alpha value is -2.67. The second-order valence-electron chi connectivity index (χ2n) is 4.82. The van der Waals surface area contributed by atoms with Crippen LogP contribution in [0, 0.1) is 11.7 Å². The Morgan fingerprint density at radius 1 is 1.39 bits per heavy atom. The van der Waals surface area contributed by atoms with Crippen LogP contribution in [0.1, 0.15) is 18.4 Å². The summed E-state index contributed by atoms with van der Waals surface area (Å²) in [5.74, 6) is 2.86. The van der Waals surface area contributed by atoms with Crippen LogP contribution in [0.5, 0.6) is 5.75 Å². The van der Waals surface area contributed by atoms with Gasteiger partial charge in [0.15, 0.2) is 5.82 Å². The van der Waals surface area contributed by atoms with Crippen LogP contribution < -0.4 is 4.74 Å². The van der Waals surface area contributed by atoms with Crippen LogP contribution in [-0.4, -0.2) is 27.7 Å². The zero-order chi connectivity index (χ0) is 16.2. The lowest BCUT2D eigenvalue weighted by Gasteiger charge is -2.05.